The number of likely N-dealkylation sites (N-methyl/N-ethyl adjacent to an activating group) is 1. The predicted octanol–water partition coefficient (Wildman–Crippen LogP) is 1.05. The zero-order chi connectivity index (χ0) is 23.0. The Kier molecular flexibility index (Phi) is 8.01. The maximum Gasteiger partial charge on any atom is 0.277 e. The Morgan fingerprint density at radius 1 is 1.03 bits per heavy atom. The smallest absolute Gasteiger partial charge is 0.277 e. The van der Waals surface area contributed by atoms with Gasteiger partial charge in [0.25, 0.3) is 5.91 Å². The van der Waals surface area contributed by atoms with Crippen molar-refractivity contribution in [3.05, 3.63) is 59.9 Å². The summed E-state index contributed by atoms with van der Waals surface area (Å²) < 4.78 is 0. The van der Waals surface area contributed by atoms with Crippen molar-refractivity contribution in [1.29, 1.82) is 0 Å². The number of aromatic nitrogens is 2. The van der Waals surface area contributed by atoms with Crippen LogP contribution in [0.4, 0.5) is 5.95 Å². The highest BCUT2D eigenvalue weighted by molar-refractivity contribution is 5.92. The van der Waals surface area contributed by atoms with Crippen LogP contribution in [0, 0.1) is 0 Å². The first-order chi connectivity index (χ1) is 16.1. The zero-order valence-corrected chi connectivity index (χ0v) is 19.2. The number of piperazine rings is 2. The average Bonchev–Trinajstić information content (AvgIpc) is 2.88. The molecule has 1 unspecified atom stereocenters. The molecule has 2 aliphatic heterocycles. The molecule has 0 saturated carbocycles. The second kappa shape index (κ2) is 11.3. The molecule has 1 aromatic heterocycles. The van der Waals surface area contributed by atoms with Gasteiger partial charge in [0.15, 0.2) is 0 Å². The summed E-state index contributed by atoms with van der Waals surface area (Å²) in [5.74, 6) is 0.00269. The highest BCUT2D eigenvalue weighted by atomic mass is 16.5. The van der Waals surface area contributed by atoms with Crippen LogP contribution >= 0.6 is 0 Å². The number of hydrogen-bond acceptors (Lipinski definition) is 8. The topological polar surface area (TPSA) is 88.1 Å². The third kappa shape index (κ3) is 6.35. The first-order valence-electron chi connectivity index (χ1n) is 11.5. The Morgan fingerprint density at radius 2 is 1.70 bits per heavy atom. The zero-order valence-electron chi connectivity index (χ0n) is 19.2. The van der Waals surface area contributed by atoms with Crippen LogP contribution in [0.15, 0.2) is 48.8 Å². The molecule has 1 atom stereocenters. The molecule has 2 aliphatic rings. The second-order valence-corrected chi connectivity index (χ2v) is 8.68. The number of nitrogens with zero attached hydrogens (tertiary/aromatic N) is 6. The van der Waals surface area contributed by atoms with Gasteiger partial charge in [0.1, 0.15) is 0 Å². The van der Waals surface area contributed by atoms with E-state index in [0.29, 0.717) is 12.0 Å². The minimum atomic E-state index is -0.608. The molecule has 0 aliphatic carbocycles. The Balaban J connectivity index is 1.39. The number of carbonyl (C=O) groups excluding carboxylic acids is 1. The van der Waals surface area contributed by atoms with E-state index in [0.717, 1.165) is 58.9 Å². The summed E-state index contributed by atoms with van der Waals surface area (Å²) in [6.45, 7) is 8.95. The molecular formula is C24H33N7O2. The second-order valence-electron chi connectivity index (χ2n) is 8.68. The molecule has 0 bridgehead atoms. The summed E-state index contributed by atoms with van der Waals surface area (Å²) >= 11 is 0. The molecular weight excluding hydrogens is 418 g/mol. The summed E-state index contributed by atoms with van der Waals surface area (Å²) in [4.78, 5) is 29.8. The number of benzene rings is 1. The summed E-state index contributed by atoms with van der Waals surface area (Å²) in [7, 11) is 2.19. The average molecular weight is 452 g/mol. The van der Waals surface area contributed by atoms with Crippen molar-refractivity contribution < 1.29 is 10.0 Å². The summed E-state index contributed by atoms with van der Waals surface area (Å²) in [6, 6.07) is 10.8. The summed E-state index contributed by atoms with van der Waals surface area (Å²) in [5.41, 5.74) is 3.06. The molecule has 2 saturated heterocycles. The van der Waals surface area contributed by atoms with Gasteiger partial charge >= 0.3 is 0 Å². The van der Waals surface area contributed by atoms with Crippen LogP contribution in [-0.2, 0) is 0 Å². The van der Waals surface area contributed by atoms with E-state index < -0.39 is 5.91 Å². The SMILES string of the molecule is CN1CCN(CC(/C=C/c2ccccc2)N2CCN(c3ncc(C(=O)NO)cn3)CC2)CC1. The third-order valence-corrected chi connectivity index (χ3v) is 6.42. The van der Waals surface area contributed by atoms with Gasteiger partial charge in [-0.15, -0.1) is 0 Å². The van der Waals surface area contributed by atoms with Crippen molar-refractivity contribution in [3.63, 3.8) is 0 Å². The molecule has 2 fully saturated rings. The van der Waals surface area contributed by atoms with Gasteiger partial charge in [-0.05, 0) is 12.6 Å². The van der Waals surface area contributed by atoms with Gasteiger partial charge in [-0.3, -0.25) is 19.8 Å². The van der Waals surface area contributed by atoms with Crippen molar-refractivity contribution in [1.82, 2.24) is 30.1 Å². The maximum atomic E-state index is 11.5. The number of nitrogens with one attached hydrogen (secondary N) is 1. The number of carbonyl (C=O) groups is 1. The fourth-order valence-corrected chi connectivity index (χ4v) is 4.30. The molecule has 9 nitrogen and oxygen atoms in total. The van der Waals surface area contributed by atoms with Gasteiger partial charge in [-0.1, -0.05) is 42.5 Å². The standard InChI is InChI=1S/C24H33N7O2/c1-28-9-11-29(12-10-28)19-22(8-7-20-5-3-2-4-6-20)30-13-15-31(16-14-30)24-25-17-21(18-26-24)23(32)27-33/h2-8,17-18,22,33H,9-16,19H2,1H3,(H,27,32)/b8-7+. The molecule has 9 heteroatoms. The minimum Gasteiger partial charge on any atom is -0.338 e. The molecule has 0 spiro atoms. The quantitative estimate of drug-likeness (QED) is 0.477. The van der Waals surface area contributed by atoms with E-state index in [4.69, 9.17) is 5.21 Å². The molecule has 2 N–H and O–H groups in total. The normalized spacial score (nSPS) is 19.6. The van der Waals surface area contributed by atoms with Gasteiger partial charge in [0, 0.05) is 77.3 Å². The van der Waals surface area contributed by atoms with Crippen LogP contribution in [0.3, 0.4) is 0 Å². The van der Waals surface area contributed by atoms with Crippen LogP contribution in [0.5, 0.6) is 0 Å². The molecule has 2 aromatic rings. The van der Waals surface area contributed by atoms with Gasteiger partial charge < -0.3 is 9.80 Å². The van der Waals surface area contributed by atoms with E-state index >= 15 is 0 Å². The van der Waals surface area contributed by atoms with E-state index in [9.17, 15) is 4.79 Å². The van der Waals surface area contributed by atoms with Gasteiger partial charge in [-0.2, -0.15) is 0 Å². The van der Waals surface area contributed by atoms with Crippen LogP contribution in [0.2, 0.25) is 0 Å². The maximum absolute atomic E-state index is 11.5. The number of hydrogen-bond donors (Lipinski definition) is 2. The number of hydroxylamine groups is 1. The Labute approximate surface area is 195 Å². The predicted molar refractivity (Wildman–Crippen MR) is 128 cm³/mol. The molecule has 4 rings (SSSR count). The Bertz CT molecular complexity index is 906. The molecule has 3 heterocycles. The van der Waals surface area contributed by atoms with Crippen molar-refractivity contribution in [3.8, 4) is 0 Å². The molecule has 1 amide bonds. The Morgan fingerprint density at radius 3 is 2.33 bits per heavy atom. The minimum absolute atomic E-state index is 0.234. The highest BCUT2D eigenvalue weighted by Crippen LogP contribution is 2.16. The molecule has 33 heavy (non-hydrogen) atoms. The van der Waals surface area contributed by atoms with E-state index in [1.165, 1.54) is 18.0 Å². The van der Waals surface area contributed by atoms with Crippen LogP contribution < -0.4 is 10.4 Å². The van der Waals surface area contributed by atoms with E-state index in [1.54, 1.807) is 5.48 Å². The summed E-state index contributed by atoms with van der Waals surface area (Å²) in [5, 5.41) is 8.75. The van der Waals surface area contributed by atoms with Crippen molar-refractivity contribution in [2.75, 3.05) is 70.9 Å². The Hall–Kier alpha value is -2.85. The largest absolute Gasteiger partial charge is 0.338 e. The lowest BCUT2D eigenvalue weighted by Crippen LogP contribution is -2.55. The molecule has 1 aromatic carbocycles. The molecule has 0 radical (unpaired) electrons. The van der Waals surface area contributed by atoms with E-state index in [-0.39, 0.29) is 5.56 Å². The number of rotatable bonds is 7. The lowest BCUT2D eigenvalue weighted by Gasteiger charge is -2.41. The fourth-order valence-electron chi connectivity index (χ4n) is 4.30. The summed E-state index contributed by atoms with van der Waals surface area (Å²) in [6.07, 6.45) is 7.47. The van der Waals surface area contributed by atoms with Gasteiger partial charge in [0.2, 0.25) is 5.95 Å². The van der Waals surface area contributed by atoms with Crippen molar-refractivity contribution in [2.24, 2.45) is 0 Å². The molecule has 176 valence electrons. The van der Waals surface area contributed by atoms with Gasteiger partial charge in [-0.25, -0.2) is 15.4 Å². The highest BCUT2D eigenvalue weighted by Gasteiger charge is 2.26. The van der Waals surface area contributed by atoms with Crippen LogP contribution in [-0.4, -0.2) is 108 Å². The first kappa shape index (κ1) is 23.3. The number of amides is 1. The fraction of sp³-hybridized carbons (Fsp3) is 0.458. The van der Waals surface area contributed by atoms with Crippen LogP contribution in [0.25, 0.3) is 6.08 Å². The van der Waals surface area contributed by atoms with Gasteiger partial charge in [0.05, 0.1) is 5.56 Å². The van der Waals surface area contributed by atoms with E-state index in [1.807, 2.05) is 6.07 Å². The third-order valence-electron chi connectivity index (χ3n) is 6.42. The van der Waals surface area contributed by atoms with E-state index in [2.05, 4.69) is 73.0 Å². The monoisotopic (exact) mass is 451 g/mol. The van der Waals surface area contributed by atoms with Crippen molar-refractivity contribution >= 4 is 17.9 Å². The first-order valence-corrected chi connectivity index (χ1v) is 11.5. The lowest BCUT2D eigenvalue weighted by atomic mass is 10.1. The van der Waals surface area contributed by atoms with Crippen molar-refractivity contribution in [2.45, 2.75) is 6.04 Å². The lowest BCUT2D eigenvalue weighted by molar-refractivity contribution is 0.0705. The number of anilines is 1. The van der Waals surface area contributed by atoms with Crippen LogP contribution in [0.1, 0.15) is 15.9 Å².